The Morgan fingerprint density at radius 2 is 1.81 bits per heavy atom. The van der Waals surface area contributed by atoms with E-state index in [1.165, 1.54) is 33.5 Å². The summed E-state index contributed by atoms with van der Waals surface area (Å²) >= 11 is 0. The summed E-state index contributed by atoms with van der Waals surface area (Å²) in [5, 5.41) is 0.177. The molecule has 0 radical (unpaired) electrons. The molecule has 1 amide bonds. The van der Waals surface area contributed by atoms with Crippen LogP contribution in [-0.2, 0) is 18.7 Å². The summed E-state index contributed by atoms with van der Waals surface area (Å²) in [5.74, 6) is 0.556. The van der Waals surface area contributed by atoms with Gasteiger partial charge in [0.1, 0.15) is 0 Å². The molecule has 36 heavy (non-hydrogen) atoms. The summed E-state index contributed by atoms with van der Waals surface area (Å²) in [6, 6.07) is 0. The number of piperidine rings is 1. The SMILES string of the molecule is CCCCCC(/C=C/C1CCN(C(=O)OC)CC1C/C=C/CCCC(=O)OC)O[Si](C)(C)C(C)(C)C. The van der Waals surface area contributed by atoms with E-state index in [0.29, 0.717) is 31.3 Å². The van der Waals surface area contributed by atoms with Gasteiger partial charge >= 0.3 is 12.1 Å². The molecule has 1 aliphatic rings. The number of rotatable bonds is 14. The minimum absolute atomic E-state index is 0.144. The number of amides is 1. The van der Waals surface area contributed by atoms with Gasteiger partial charge in [-0.05, 0) is 62.1 Å². The van der Waals surface area contributed by atoms with Gasteiger partial charge in [-0.25, -0.2) is 4.79 Å². The number of methoxy groups -OCH3 is 2. The Labute approximate surface area is 222 Å². The van der Waals surface area contributed by atoms with Gasteiger partial charge < -0.3 is 18.8 Å². The van der Waals surface area contributed by atoms with Gasteiger partial charge in [0, 0.05) is 19.5 Å². The van der Waals surface area contributed by atoms with Crippen LogP contribution in [0.1, 0.15) is 85.5 Å². The highest BCUT2D eigenvalue weighted by atomic mass is 28.4. The monoisotopic (exact) mass is 523 g/mol. The Hall–Kier alpha value is -1.60. The molecular weight excluding hydrogens is 470 g/mol. The molecule has 0 bridgehead atoms. The molecule has 1 saturated heterocycles. The highest BCUT2D eigenvalue weighted by molar-refractivity contribution is 6.74. The van der Waals surface area contributed by atoms with Crippen molar-refractivity contribution >= 4 is 20.4 Å². The fourth-order valence-corrected chi connectivity index (χ4v) is 5.62. The van der Waals surface area contributed by atoms with E-state index in [9.17, 15) is 9.59 Å². The van der Waals surface area contributed by atoms with Crippen LogP contribution < -0.4 is 0 Å². The number of allylic oxidation sites excluding steroid dienone is 3. The first-order chi connectivity index (χ1) is 16.9. The zero-order valence-electron chi connectivity index (χ0n) is 24.3. The van der Waals surface area contributed by atoms with Crippen LogP contribution in [0.25, 0.3) is 0 Å². The van der Waals surface area contributed by atoms with Crippen LogP contribution in [0.2, 0.25) is 18.1 Å². The molecule has 6 nitrogen and oxygen atoms in total. The molecule has 1 aliphatic heterocycles. The van der Waals surface area contributed by atoms with Crippen LogP contribution in [0.5, 0.6) is 0 Å². The van der Waals surface area contributed by atoms with Gasteiger partial charge in [-0.1, -0.05) is 71.3 Å². The van der Waals surface area contributed by atoms with Gasteiger partial charge in [-0.2, -0.15) is 0 Å². The van der Waals surface area contributed by atoms with Crippen molar-refractivity contribution in [1.82, 2.24) is 4.90 Å². The third kappa shape index (κ3) is 11.6. The van der Waals surface area contributed by atoms with E-state index in [1.807, 2.05) is 4.90 Å². The average Bonchev–Trinajstić information content (AvgIpc) is 2.83. The van der Waals surface area contributed by atoms with Crippen molar-refractivity contribution in [1.29, 1.82) is 0 Å². The van der Waals surface area contributed by atoms with Crippen molar-refractivity contribution < 1.29 is 23.5 Å². The maximum Gasteiger partial charge on any atom is 0.409 e. The summed E-state index contributed by atoms with van der Waals surface area (Å²) in [5.41, 5.74) is 0. The minimum Gasteiger partial charge on any atom is -0.469 e. The van der Waals surface area contributed by atoms with E-state index in [1.54, 1.807) is 0 Å². The van der Waals surface area contributed by atoms with E-state index in [4.69, 9.17) is 13.9 Å². The Balaban J connectivity index is 2.91. The smallest absolute Gasteiger partial charge is 0.409 e. The summed E-state index contributed by atoms with van der Waals surface area (Å²) < 4.78 is 16.5. The van der Waals surface area contributed by atoms with Crippen molar-refractivity contribution in [2.75, 3.05) is 27.3 Å². The summed E-state index contributed by atoms with van der Waals surface area (Å²) in [4.78, 5) is 25.3. The van der Waals surface area contributed by atoms with Crippen LogP contribution >= 0.6 is 0 Å². The van der Waals surface area contributed by atoms with E-state index >= 15 is 0 Å². The molecule has 1 fully saturated rings. The third-order valence-electron chi connectivity index (χ3n) is 7.73. The molecular formula is C29H53NO5Si. The number of nitrogens with zero attached hydrogens (tertiary/aromatic N) is 1. The molecule has 208 valence electrons. The largest absolute Gasteiger partial charge is 0.469 e. The molecule has 0 saturated carbocycles. The molecule has 7 heteroatoms. The number of carbonyl (C=O) groups excluding carboxylic acids is 2. The second-order valence-corrected chi connectivity index (χ2v) is 16.4. The molecule has 1 heterocycles. The lowest BCUT2D eigenvalue weighted by Crippen LogP contribution is -2.44. The van der Waals surface area contributed by atoms with E-state index < -0.39 is 8.32 Å². The van der Waals surface area contributed by atoms with Gasteiger partial charge in [0.25, 0.3) is 0 Å². The van der Waals surface area contributed by atoms with E-state index in [-0.39, 0.29) is 23.2 Å². The molecule has 0 aromatic heterocycles. The lowest BCUT2D eigenvalue weighted by atomic mass is 9.82. The van der Waals surface area contributed by atoms with E-state index in [0.717, 1.165) is 32.1 Å². The third-order valence-corrected chi connectivity index (χ3v) is 12.2. The van der Waals surface area contributed by atoms with Gasteiger partial charge in [0.2, 0.25) is 0 Å². The van der Waals surface area contributed by atoms with Gasteiger partial charge in [0.15, 0.2) is 8.32 Å². The molecule has 0 aliphatic carbocycles. The number of hydrogen-bond acceptors (Lipinski definition) is 5. The number of carbonyl (C=O) groups is 2. The normalized spacial score (nSPS) is 20.2. The number of likely N-dealkylation sites (tertiary alicyclic amines) is 1. The molecule has 1 rings (SSSR count). The molecule has 0 N–H and O–H groups in total. The topological polar surface area (TPSA) is 65.1 Å². The van der Waals surface area contributed by atoms with Gasteiger partial charge in [0.05, 0.1) is 20.3 Å². The molecule has 3 unspecified atom stereocenters. The van der Waals surface area contributed by atoms with Crippen LogP contribution in [0.3, 0.4) is 0 Å². The van der Waals surface area contributed by atoms with Crippen LogP contribution in [0.15, 0.2) is 24.3 Å². The first-order valence-corrected chi connectivity index (χ1v) is 16.8. The van der Waals surface area contributed by atoms with Crippen molar-refractivity contribution in [2.45, 2.75) is 110 Å². The molecule has 0 aromatic rings. The Morgan fingerprint density at radius 1 is 1.08 bits per heavy atom. The predicted octanol–water partition coefficient (Wildman–Crippen LogP) is 7.51. The predicted molar refractivity (Wildman–Crippen MR) is 151 cm³/mol. The first kappa shape index (κ1) is 32.4. The Kier molecular flexibility index (Phi) is 14.7. The maximum absolute atomic E-state index is 12.2. The quantitative estimate of drug-likeness (QED) is 0.102. The number of ether oxygens (including phenoxy) is 2. The minimum atomic E-state index is -1.87. The molecule has 3 atom stereocenters. The summed E-state index contributed by atoms with van der Waals surface area (Å²) in [6.45, 7) is 15.2. The lowest BCUT2D eigenvalue weighted by Gasteiger charge is -2.39. The fourth-order valence-electron chi connectivity index (χ4n) is 4.31. The standard InChI is InChI=1S/C29H53NO5Si/c1-9-10-13-17-26(35-36(7,8)29(2,3)4)20-19-24-21-22-30(28(32)34-6)23-25(24)16-14-11-12-15-18-27(31)33-5/h11,14,19-20,24-26H,9-10,12-13,15-18,21-23H2,1-8H3/b14-11+,20-19+. The number of hydrogen-bond donors (Lipinski definition) is 0. The Bertz CT molecular complexity index is 713. The second-order valence-electron chi connectivity index (χ2n) is 11.6. The highest BCUT2D eigenvalue weighted by Crippen LogP contribution is 2.38. The second kappa shape index (κ2) is 16.3. The summed E-state index contributed by atoms with van der Waals surface area (Å²) in [7, 11) is 1.00. The Morgan fingerprint density at radius 3 is 2.42 bits per heavy atom. The maximum atomic E-state index is 12.2. The van der Waals surface area contributed by atoms with Crippen molar-refractivity contribution in [2.24, 2.45) is 11.8 Å². The van der Waals surface area contributed by atoms with E-state index in [2.05, 4.69) is 65.1 Å². The molecule has 0 spiro atoms. The lowest BCUT2D eigenvalue weighted by molar-refractivity contribution is -0.140. The number of unbranched alkanes of at least 4 members (excludes halogenated alkanes) is 3. The van der Waals surface area contributed by atoms with Crippen molar-refractivity contribution in [3.8, 4) is 0 Å². The average molecular weight is 524 g/mol. The zero-order chi connectivity index (χ0) is 27.2. The van der Waals surface area contributed by atoms with Gasteiger partial charge in [-0.15, -0.1) is 0 Å². The number of esters is 1. The van der Waals surface area contributed by atoms with Crippen LogP contribution in [0, 0.1) is 11.8 Å². The fraction of sp³-hybridized carbons (Fsp3) is 0.793. The highest BCUT2D eigenvalue weighted by Gasteiger charge is 2.39. The van der Waals surface area contributed by atoms with Crippen molar-refractivity contribution in [3.05, 3.63) is 24.3 Å². The van der Waals surface area contributed by atoms with Crippen LogP contribution in [-0.4, -0.2) is 58.7 Å². The van der Waals surface area contributed by atoms with Gasteiger partial charge in [-0.3, -0.25) is 4.79 Å². The van der Waals surface area contributed by atoms with Crippen molar-refractivity contribution in [3.63, 3.8) is 0 Å². The van der Waals surface area contributed by atoms with Crippen LogP contribution in [0.4, 0.5) is 4.79 Å². The zero-order valence-corrected chi connectivity index (χ0v) is 25.3. The molecule has 0 aromatic carbocycles. The first-order valence-electron chi connectivity index (χ1n) is 13.9. The summed E-state index contributed by atoms with van der Waals surface area (Å²) in [6.07, 6.45) is 17.5.